The van der Waals surface area contributed by atoms with Crippen molar-refractivity contribution in [3.63, 3.8) is 0 Å². The molecule has 6 aromatic rings. The molecule has 4 N–H and O–H groups in total. The third kappa shape index (κ3) is 2.79. The van der Waals surface area contributed by atoms with Gasteiger partial charge in [-0.1, -0.05) is 0 Å². The second-order valence-electron chi connectivity index (χ2n) is 7.31. The smallest absolute Gasteiger partial charge is 0.178 e. The van der Waals surface area contributed by atoms with E-state index in [1.165, 1.54) is 6.20 Å². The number of hydrogen-bond donors (Lipinski definition) is 3. The van der Waals surface area contributed by atoms with Crippen LogP contribution in [0.5, 0.6) is 0 Å². The van der Waals surface area contributed by atoms with Crippen LogP contribution in [0.3, 0.4) is 0 Å². The van der Waals surface area contributed by atoms with Gasteiger partial charge in [-0.3, -0.25) is 15.1 Å². The standard InChI is InChI=1S/C23H15FN8/c24-19-15(13-9-14(25)11-27-10-13)1-2-17-18(19)21(32-31-17)23-29-20-16(5-8-28-22(20)30-23)12-3-6-26-7-4-12/h1-11H,25H2,(H,31,32)(H,28,29,30). The SMILES string of the molecule is Nc1cncc(-c2ccc3[nH]nc(-c4nc5nccc(-c6ccncc6)c5[nH]4)c3c2F)c1. The molecular weight excluding hydrogens is 407 g/mol. The van der Waals surface area contributed by atoms with Crippen LogP contribution >= 0.6 is 0 Å². The number of halogens is 1. The second kappa shape index (κ2) is 6.95. The number of imidazole rings is 1. The molecule has 0 radical (unpaired) electrons. The molecule has 5 aromatic heterocycles. The lowest BCUT2D eigenvalue weighted by molar-refractivity contribution is 0.643. The van der Waals surface area contributed by atoms with Crippen LogP contribution in [-0.2, 0) is 0 Å². The number of aromatic nitrogens is 7. The number of benzene rings is 1. The Balaban J connectivity index is 1.55. The number of hydrogen-bond acceptors (Lipinski definition) is 6. The van der Waals surface area contributed by atoms with Gasteiger partial charge in [0.1, 0.15) is 11.5 Å². The zero-order valence-corrected chi connectivity index (χ0v) is 16.5. The highest BCUT2D eigenvalue weighted by molar-refractivity contribution is 5.98. The van der Waals surface area contributed by atoms with E-state index in [0.29, 0.717) is 44.9 Å². The van der Waals surface area contributed by atoms with Crippen LogP contribution in [0.25, 0.3) is 55.8 Å². The Morgan fingerprint density at radius 1 is 0.875 bits per heavy atom. The Labute approximate surface area is 180 Å². The van der Waals surface area contributed by atoms with Gasteiger partial charge in [0.15, 0.2) is 11.5 Å². The summed E-state index contributed by atoms with van der Waals surface area (Å²) in [6.45, 7) is 0. The van der Waals surface area contributed by atoms with Crippen LogP contribution in [-0.4, -0.2) is 35.1 Å². The molecule has 0 saturated heterocycles. The number of rotatable bonds is 3. The van der Waals surface area contributed by atoms with Gasteiger partial charge >= 0.3 is 0 Å². The molecule has 32 heavy (non-hydrogen) atoms. The summed E-state index contributed by atoms with van der Waals surface area (Å²) in [6, 6.07) is 10.8. The largest absolute Gasteiger partial charge is 0.397 e. The van der Waals surface area contributed by atoms with Crippen LogP contribution in [0.4, 0.5) is 10.1 Å². The van der Waals surface area contributed by atoms with Crippen LogP contribution in [0.15, 0.2) is 67.4 Å². The van der Waals surface area contributed by atoms with Crippen molar-refractivity contribution in [2.45, 2.75) is 0 Å². The number of nitrogen functional groups attached to an aromatic ring is 1. The van der Waals surface area contributed by atoms with Crippen molar-refractivity contribution < 1.29 is 4.39 Å². The molecule has 0 aliphatic heterocycles. The summed E-state index contributed by atoms with van der Waals surface area (Å²) in [4.78, 5) is 20.4. The van der Waals surface area contributed by atoms with E-state index in [1.807, 2.05) is 18.2 Å². The van der Waals surface area contributed by atoms with Crippen molar-refractivity contribution in [2.24, 2.45) is 0 Å². The molecule has 0 amide bonds. The first kappa shape index (κ1) is 18.1. The van der Waals surface area contributed by atoms with Crippen molar-refractivity contribution in [2.75, 3.05) is 5.73 Å². The monoisotopic (exact) mass is 422 g/mol. The molecule has 1 aromatic carbocycles. The van der Waals surface area contributed by atoms with Gasteiger partial charge in [-0.15, -0.1) is 0 Å². The molecule has 0 atom stereocenters. The van der Waals surface area contributed by atoms with Gasteiger partial charge in [-0.25, -0.2) is 14.4 Å². The lowest BCUT2D eigenvalue weighted by Crippen LogP contribution is -1.91. The van der Waals surface area contributed by atoms with Gasteiger partial charge < -0.3 is 10.7 Å². The average Bonchev–Trinajstić information content (AvgIpc) is 3.44. The Hall–Kier alpha value is -4.66. The molecule has 0 unspecified atom stereocenters. The van der Waals surface area contributed by atoms with Crippen molar-refractivity contribution in [1.29, 1.82) is 0 Å². The molecular formula is C23H15FN8. The summed E-state index contributed by atoms with van der Waals surface area (Å²) in [7, 11) is 0. The van der Waals surface area contributed by atoms with E-state index < -0.39 is 5.82 Å². The van der Waals surface area contributed by atoms with Crippen molar-refractivity contribution >= 4 is 27.8 Å². The second-order valence-corrected chi connectivity index (χ2v) is 7.31. The summed E-state index contributed by atoms with van der Waals surface area (Å²) in [6.07, 6.45) is 8.23. The minimum Gasteiger partial charge on any atom is -0.397 e. The molecule has 0 bridgehead atoms. The van der Waals surface area contributed by atoms with Crippen LogP contribution in [0.1, 0.15) is 0 Å². The Morgan fingerprint density at radius 2 is 1.75 bits per heavy atom. The lowest BCUT2D eigenvalue weighted by atomic mass is 10.0. The summed E-state index contributed by atoms with van der Waals surface area (Å²) < 4.78 is 15.7. The zero-order chi connectivity index (χ0) is 21.7. The molecule has 5 heterocycles. The minimum absolute atomic E-state index is 0.328. The van der Waals surface area contributed by atoms with Crippen LogP contribution in [0, 0.1) is 5.82 Å². The van der Waals surface area contributed by atoms with E-state index >= 15 is 4.39 Å². The summed E-state index contributed by atoms with van der Waals surface area (Å²) in [5.74, 6) is -0.0107. The molecule has 0 fully saturated rings. The quantitative estimate of drug-likeness (QED) is 0.390. The predicted molar refractivity (Wildman–Crippen MR) is 120 cm³/mol. The van der Waals surface area contributed by atoms with E-state index in [-0.39, 0.29) is 0 Å². The summed E-state index contributed by atoms with van der Waals surface area (Å²) >= 11 is 0. The maximum absolute atomic E-state index is 15.7. The number of nitrogens with one attached hydrogen (secondary N) is 2. The first-order chi connectivity index (χ1) is 15.7. The number of anilines is 1. The van der Waals surface area contributed by atoms with Gasteiger partial charge in [-0.2, -0.15) is 5.10 Å². The molecule has 154 valence electrons. The molecule has 0 saturated carbocycles. The normalized spacial score (nSPS) is 11.4. The van der Waals surface area contributed by atoms with Gasteiger partial charge in [-0.05, 0) is 42.0 Å². The van der Waals surface area contributed by atoms with E-state index in [1.54, 1.807) is 43.0 Å². The molecule has 0 aliphatic rings. The van der Waals surface area contributed by atoms with Crippen molar-refractivity contribution in [1.82, 2.24) is 35.1 Å². The predicted octanol–water partition coefficient (Wildman–Crippen LogP) is 4.35. The Morgan fingerprint density at radius 3 is 2.59 bits per heavy atom. The first-order valence-corrected chi connectivity index (χ1v) is 9.82. The average molecular weight is 422 g/mol. The van der Waals surface area contributed by atoms with E-state index in [0.717, 1.165) is 16.6 Å². The first-order valence-electron chi connectivity index (χ1n) is 9.82. The third-order valence-electron chi connectivity index (χ3n) is 5.35. The number of H-pyrrole nitrogens is 2. The molecule has 6 rings (SSSR count). The fraction of sp³-hybridized carbons (Fsp3) is 0. The zero-order valence-electron chi connectivity index (χ0n) is 16.5. The third-order valence-corrected chi connectivity index (χ3v) is 5.35. The van der Waals surface area contributed by atoms with Gasteiger partial charge in [0.25, 0.3) is 0 Å². The van der Waals surface area contributed by atoms with Gasteiger partial charge in [0.05, 0.1) is 22.1 Å². The van der Waals surface area contributed by atoms with Crippen LogP contribution < -0.4 is 5.73 Å². The number of fused-ring (bicyclic) bond motifs is 2. The van der Waals surface area contributed by atoms with E-state index in [9.17, 15) is 0 Å². The highest BCUT2D eigenvalue weighted by Crippen LogP contribution is 2.35. The topological polar surface area (TPSA) is 122 Å². The fourth-order valence-corrected chi connectivity index (χ4v) is 3.87. The molecule has 0 aliphatic carbocycles. The molecule has 0 spiro atoms. The summed E-state index contributed by atoms with van der Waals surface area (Å²) in [5, 5.41) is 7.56. The van der Waals surface area contributed by atoms with E-state index in [2.05, 4.69) is 35.1 Å². The number of nitrogens with zero attached hydrogens (tertiary/aromatic N) is 5. The van der Waals surface area contributed by atoms with Crippen LogP contribution in [0.2, 0.25) is 0 Å². The minimum atomic E-state index is -0.429. The molecule has 9 heteroatoms. The highest BCUT2D eigenvalue weighted by Gasteiger charge is 2.20. The van der Waals surface area contributed by atoms with E-state index in [4.69, 9.17) is 5.73 Å². The maximum atomic E-state index is 15.7. The maximum Gasteiger partial charge on any atom is 0.178 e. The highest BCUT2D eigenvalue weighted by atomic mass is 19.1. The number of pyridine rings is 3. The van der Waals surface area contributed by atoms with Gasteiger partial charge in [0, 0.05) is 47.7 Å². The Kier molecular flexibility index (Phi) is 3.94. The Bertz CT molecular complexity index is 1600. The lowest BCUT2D eigenvalue weighted by Gasteiger charge is -2.05. The number of aromatic amines is 2. The van der Waals surface area contributed by atoms with Crippen molar-refractivity contribution in [3.8, 4) is 33.8 Å². The summed E-state index contributed by atoms with van der Waals surface area (Å²) in [5.41, 5.74) is 11.3. The number of nitrogens with two attached hydrogens (primary N) is 1. The van der Waals surface area contributed by atoms with Crippen molar-refractivity contribution in [3.05, 3.63) is 73.2 Å². The van der Waals surface area contributed by atoms with Gasteiger partial charge in [0.2, 0.25) is 0 Å². The molecule has 8 nitrogen and oxygen atoms in total. The fourth-order valence-electron chi connectivity index (χ4n) is 3.87.